The Kier molecular flexibility index (Phi) is 4.03. The van der Waals surface area contributed by atoms with Gasteiger partial charge >= 0.3 is 5.91 Å². The molecule has 1 amide bonds. The lowest BCUT2D eigenvalue weighted by atomic mass is 10.2. The first-order valence-electron chi connectivity index (χ1n) is 5.94. The normalized spacial score (nSPS) is 9.85. The first-order chi connectivity index (χ1) is 9.65. The molecule has 102 valence electrons. The van der Waals surface area contributed by atoms with Gasteiger partial charge in [0, 0.05) is 24.8 Å². The molecule has 0 aliphatic rings. The minimum Gasteiger partial charge on any atom is -0.459 e. The molecule has 0 saturated heterocycles. The number of furan rings is 1. The van der Waals surface area contributed by atoms with E-state index in [1.807, 2.05) is 29.5 Å². The summed E-state index contributed by atoms with van der Waals surface area (Å²) in [5.74, 6) is 4.82. The minimum absolute atomic E-state index is 0.191. The first kappa shape index (κ1) is 13.6. The van der Waals surface area contributed by atoms with Gasteiger partial charge in [0.15, 0.2) is 5.76 Å². The molecule has 1 aromatic heterocycles. The monoisotopic (exact) mass is 270 g/mol. The quantitative estimate of drug-likeness (QED) is 0.497. The van der Waals surface area contributed by atoms with Crippen molar-refractivity contribution in [1.29, 1.82) is 5.26 Å². The van der Waals surface area contributed by atoms with Crippen LogP contribution < -0.4 is 16.2 Å². The second-order valence-electron chi connectivity index (χ2n) is 4.27. The molecule has 3 N–H and O–H groups in total. The summed E-state index contributed by atoms with van der Waals surface area (Å²) in [4.78, 5) is 13.4. The largest absolute Gasteiger partial charge is 0.459 e. The average Bonchev–Trinajstić information content (AvgIpc) is 2.94. The van der Waals surface area contributed by atoms with Gasteiger partial charge in [-0.2, -0.15) is 5.26 Å². The highest BCUT2D eigenvalue weighted by Crippen LogP contribution is 2.19. The molecule has 2 aromatic rings. The molecule has 0 unspecified atom stereocenters. The molecule has 0 aliphatic carbocycles. The van der Waals surface area contributed by atoms with Crippen LogP contribution in [0.2, 0.25) is 0 Å². The van der Waals surface area contributed by atoms with Gasteiger partial charge in [-0.05, 0) is 24.3 Å². The number of carbonyl (C=O) groups is 1. The summed E-state index contributed by atoms with van der Waals surface area (Å²) in [5.41, 5.74) is 4.23. The molecule has 0 bridgehead atoms. The van der Waals surface area contributed by atoms with Crippen LogP contribution >= 0.6 is 0 Å². The number of nitrogens with one attached hydrogen (secondary N) is 1. The van der Waals surface area contributed by atoms with Gasteiger partial charge < -0.3 is 9.32 Å². The first-order valence-corrected chi connectivity index (χ1v) is 5.94. The number of nitrogens with two attached hydrogens (primary N) is 1. The molecule has 0 saturated carbocycles. The van der Waals surface area contributed by atoms with E-state index in [2.05, 4.69) is 6.07 Å². The molecule has 0 radical (unpaired) electrons. The fourth-order valence-corrected chi connectivity index (χ4v) is 1.88. The topological polar surface area (TPSA) is 95.3 Å². The minimum atomic E-state index is -0.468. The third-order valence-corrected chi connectivity index (χ3v) is 2.91. The molecule has 0 atom stereocenters. The number of rotatable bonds is 4. The maximum Gasteiger partial charge on any atom is 0.301 e. The van der Waals surface area contributed by atoms with Crippen molar-refractivity contribution in [2.45, 2.75) is 6.54 Å². The van der Waals surface area contributed by atoms with Crippen molar-refractivity contribution in [1.82, 2.24) is 5.43 Å². The van der Waals surface area contributed by atoms with Gasteiger partial charge in [0.2, 0.25) is 0 Å². The number of benzene rings is 1. The van der Waals surface area contributed by atoms with Gasteiger partial charge in [-0.1, -0.05) is 6.07 Å². The van der Waals surface area contributed by atoms with Crippen LogP contribution in [0.5, 0.6) is 0 Å². The number of carbonyl (C=O) groups excluding carboxylic acids is 1. The van der Waals surface area contributed by atoms with Gasteiger partial charge in [0.05, 0.1) is 17.9 Å². The summed E-state index contributed by atoms with van der Waals surface area (Å²) in [5, 5.41) is 8.90. The Morgan fingerprint density at radius 2 is 2.30 bits per heavy atom. The van der Waals surface area contributed by atoms with E-state index < -0.39 is 5.91 Å². The van der Waals surface area contributed by atoms with Crippen molar-refractivity contribution in [3.63, 3.8) is 0 Å². The Morgan fingerprint density at radius 1 is 1.50 bits per heavy atom. The molecular formula is C14H14N4O2. The molecule has 1 aromatic carbocycles. The van der Waals surface area contributed by atoms with Crippen LogP contribution in [0.3, 0.4) is 0 Å². The zero-order chi connectivity index (χ0) is 14.5. The third-order valence-electron chi connectivity index (χ3n) is 2.91. The van der Waals surface area contributed by atoms with E-state index in [-0.39, 0.29) is 5.76 Å². The molecule has 0 fully saturated rings. The SMILES string of the molecule is CN(Cc1ccoc1C(=O)NN)c1cccc(C#N)c1. The summed E-state index contributed by atoms with van der Waals surface area (Å²) in [7, 11) is 1.87. The number of nitrogen functional groups attached to an aromatic ring is 1. The molecule has 0 aliphatic heterocycles. The third kappa shape index (κ3) is 2.79. The molecule has 6 heteroatoms. The Balaban J connectivity index is 2.20. The Morgan fingerprint density at radius 3 is 3.00 bits per heavy atom. The highest BCUT2D eigenvalue weighted by Gasteiger charge is 2.15. The molecule has 6 nitrogen and oxygen atoms in total. The predicted octanol–water partition coefficient (Wildman–Crippen LogP) is 1.39. The molecule has 20 heavy (non-hydrogen) atoms. The predicted molar refractivity (Wildman–Crippen MR) is 73.6 cm³/mol. The summed E-state index contributed by atoms with van der Waals surface area (Å²) < 4.78 is 5.13. The van der Waals surface area contributed by atoms with Gasteiger partial charge in [-0.3, -0.25) is 10.2 Å². The number of hydrogen-bond donors (Lipinski definition) is 2. The fourth-order valence-electron chi connectivity index (χ4n) is 1.88. The maximum atomic E-state index is 11.5. The zero-order valence-corrected chi connectivity index (χ0v) is 11.0. The molecule has 0 spiro atoms. The van der Waals surface area contributed by atoms with Crippen LogP contribution in [0.15, 0.2) is 41.0 Å². The van der Waals surface area contributed by atoms with Crippen molar-refractivity contribution >= 4 is 11.6 Å². The lowest BCUT2D eigenvalue weighted by molar-refractivity contribution is 0.0924. The standard InChI is InChI=1S/C14H14N4O2/c1-18(12-4-2-3-10(7-12)8-15)9-11-5-6-20-13(11)14(19)17-16/h2-7H,9,16H2,1H3,(H,17,19). The fraction of sp³-hybridized carbons (Fsp3) is 0.143. The van der Waals surface area contributed by atoms with Gasteiger partial charge in [0.1, 0.15) is 0 Å². The maximum absolute atomic E-state index is 11.5. The van der Waals surface area contributed by atoms with Crippen LogP contribution in [0.1, 0.15) is 21.7 Å². The molecule has 2 rings (SSSR count). The van der Waals surface area contributed by atoms with E-state index in [0.29, 0.717) is 12.1 Å². The van der Waals surface area contributed by atoms with Crippen molar-refractivity contribution in [3.05, 3.63) is 53.5 Å². The van der Waals surface area contributed by atoms with Crippen LogP contribution in [-0.2, 0) is 6.54 Å². The molecule has 1 heterocycles. The van der Waals surface area contributed by atoms with Gasteiger partial charge in [0.25, 0.3) is 0 Å². The van der Waals surface area contributed by atoms with Crippen molar-refractivity contribution in [2.75, 3.05) is 11.9 Å². The molecular weight excluding hydrogens is 256 g/mol. The van der Waals surface area contributed by atoms with Crippen molar-refractivity contribution in [3.8, 4) is 6.07 Å². The van der Waals surface area contributed by atoms with Crippen LogP contribution in [-0.4, -0.2) is 13.0 Å². The Bertz CT molecular complexity index is 657. The summed E-state index contributed by atoms with van der Waals surface area (Å²) in [6.45, 7) is 0.466. The smallest absolute Gasteiger partial charge is 0.301 e. The van der Waals surface area contributed by atoms with E-state index >= 15 is 0 Å². The van der Waals surface area contributed by atoms with Crippen LogP contribution in [0.4, 0.5) is 5.69 Å². The highest BCUT2D eigenvalue weighted by atomic mass is 16.3. The number of amides is 1. The number of nitriles is 1. The van der Waals surface area contributed by atoms with E-state index in [1.54, 1.807) is 18.2 Å². The number of hydrazine groups is 1. The Labute approximate surface area is 116 Å². The van der Waals surface area contributed by atoms with E-state index in [0.717, 1.165) is 11.3 Å². The zero-order valence-electron chi connectivity index (χ0n) is 11.0. The van der Waals surface area contributed by atoms with Crippen LogP contribution in [0.25, 0.3) is 0 Å². The van der Waals surface area contributed by atoms with E-state index in [9.17, 15) is 4.79 Å². The van der Waals surface area contributed by atoms with E-state index in [4.69, 9.17) is 15.5 Å². The van der Waals surface area contributed by atoms with Gasteiger partial charge in [-0.25, -0.2) is 5.84 Å². The van der Waals surface area contributed by atoms with Crippen LogP contribution in [0, 0.1) is 11.3 Å². The van der Waals surface area contributed by atoms with Crippen molar-refractivity contribution in [2.24, 2.45) is 5.84 Å². The average molecular weight is 270 g/mol. The Hall–Kier alpha value is -2.78. The second-order valence-corrected chi connectivity index (χ2v) is 4.27. The second kappa shape index (κ2) is 5.91. The summed E-state index contributed by atoms with van der Waals surface area (Å²) >= 11 is 0. The number of nitrogens with zero attached hydrogens (tertiary/aromatic N) is 2. The summed E-state index contributed by atoms with van der Waals surface area (Å²) in [6, 6.07) is 11.0. The summed E-state index contributed by atoms with van der Waals surface area (Å²) in [6.07, 6.45) is 1.44. The highest BCUT2D eigenvalue weighted by molar-refractivity contribution is 5.92. The number of anilines is 1. The van der Waals surface area contributed by atoms with Gasteiger partial charge in [-0.15, -0.1) is 0 Å². The van der Waals surface area contributed by atoms with Crippen molar-refractivity contribution < 1.29 is 9.21 Å². The lowest BCUT2D eigenvalue weighted by Gasteiger charge is -2.19. The number of hydrogen-bond acceptors (Lipinski definition) is 5. The van der Waals surface area contributed by atoms with E-state index in [1.165, 1.54) is 6.26 Å². The lowest BCUT2D eigenvalue weighted by Crippen LogP contribution is -2.31.